The Morgan fingerprint density at radius 2 is 2.06 bits per heavy atom. The lowest BCUT2D eigenvalue weighted by molar-refractivity contribution is 0.100. The van der Waals surface area contributed by atoms with Crippen molar-refractivity contribution >= 4 is 5.91 Å². The van der Waals surface area contributed by atoms with Crippen LogP contribution in [0.15, 0.2) is 36.7 Å². The monoisotopic (exact) mass is 244 g/mol. The standard InChI is InChI=1S/C13H16N4O/c1-2-12(14)9-3-5-11(6-4-9)17-8-10(7-16-17)13(15)18/h3-8,12H,2,14H2,1H3,(H2,15,18). The normalized spacial score (nSPS) is 12.3. The molecule has 2 rings (SSSR count). The van der Waals surface area contributed by atoms with Crippen LogP contribution in [0.1, 0.15) is 35.3 Å². The molecule has 0 saturated carbocycles. The van der Waals surface area contributed by atoms with Gasteiger partial charge < -0.3 is 11.5 Å². The maximum absolute atomic E-state index is 11.0. The molecule has 1 heterocycles. The number of hydrogen-bond acceptors (Lipinski definition) is 3. The van der Waals surface area contributed by atoms with Gasteiger partial charge in [0.1, 0.15) is 0 Å². The summed E-state index contributed by atoms with van der Waals surface area (Å²) in [5.41, 5.74) is 13.5. The Morgan fingerprint density at radius 3 is 2.56 bits per heavy atom. The highest BCUT2D eigenvalue weighted by molar-refractivity contribution is 5.92. The summed E-state index contributed by atoms with van der Waals surface area (Å²) in [4.78, 5) is 11.0. The number of carbonyl (C=O) groups excluding carboxylic acids is 1. The summed E-state index contributed by atoms with van der Waals surface area (Å²) < 4.78 is 1.61. The van der Waals surface area contributed by atoms with Crippen LogP contribution in [0.3, 0.4) is 0 Å². The highest BCUT2D eigenvalue weighted by Gasteiger charge is 2.06. The Hall–Kier alpha value is -2.14. The van der Waals surface area contributed by atoms with Crippen molar-refractivity contribution in [3.05, 3.63) is 47.8 Å². The van der Waals surface area contributed by atoms with E-state index < -0.39 is 5.91 Å². The average molecular weight is 244 g/mol. The second kappa shape index (κ2) is 5.01. The molecule has 1 atom stereocenters. The maximum atomic E-state index is 11.0. The third kappa shape index (κ3) is 2.41. The van der Waals surface area contributed by atoms with Gasteiger partial charge in [0, 0.05) is 12.2 Å². The fourth-order valence-electron chi connectivity index (χ4n) is 1.70. The fraction of sp³-hybridized carbons (Fsp3) is 0.231. The summed E-state index contributed by atoms with van der Waals surface area (Å²) >= 11 is 0. The second-order valence-corrected chi connectivity index (χ2v) is 4.14. The van der Waals surface area contributed by atoms with E-state index in [0.717, 1.165) is 17.7 Å². The highest BCUT2D eigenvalue weighted by Crippen LogP contribution is 2.16. The number of nitrogens with zero attached hydrogens (tertiary/aromatic N) is 2. The smallest absolute Gasteiger partial charge is 0.251 e. The van der Waals surface area contributed by atoms with E-state index in [-0.39, 0.29) is 6.04 Å². The Balaban J connectivity index is 2.25. The van der Waals surface area contributed by atoms with Crippen molar-refractivity contribution in [2.24, 2.45) is 11.5 Å². The minimum atomic E-state index is -0.481. The zero-order valence-electron chi connectivity index (χ0n) is 10.2. The van der Waals surface area contributed by atoms with Crippen molar-refractivity contribution in [3.8, 4) is 5.69 Å². The number of carbonyl (C=O) groups is 1. The Labute approximate surface area is 105 Å². The van der Waals surface area contributed by atoms with Gasteiger partial charge in [-0.2, -0.15) is 5.10 Å². The molecule has 1 aromatic heterocycles. The van der Waals surface area contributed by atoms with Gasteiger partial charge in [0.15, 0.2) is 0 Å². The van der Waals surface area contributed by atoms with Gasteiger partial charge >= 0.3 is 0 Å². The van der Waals surface area contributed by atoms with Gasteiger partial charge in [-0.05, 0) is 24.1 Å². The van der Waals surface area contributed by atoms with Crippen LogP contribution >= 0.6 is 0 Å². The van der Waals surface area contributed by atoms with Crippen LogP contribution in [-0.2, 0) is 0 Å². The van der Waals surface area contributed by atoms with E-state index in [1.807, 2.05) is 31.2 Å². The van der Waals surface area contributed by atoms with E-state index in [4.69, 9.17) is 11.5 Å². The molecule has 1 aromatic carbocycles. The van der Waals surface area contributed by atoms with Crippen LogP contribution < -0.4 is 11.5 Å². The third-order valence-electron chi connectivity index (χ3n) is 2.89. The molecule has 0 aliphatic heterocycles. The van der Waals surface area contributed by atoms with Gasteiger partial charge in [-0.15, -0.1) is 0 Å². The zero-order chi connectivity index (χ0) is 13.1. The number of amides is 1. The van der Waals surface area contributed by atoms with Crippen molar-refractivity contribution in [1.82, 2.24) is 9.78 Å². The SMILES string of the molecule is CCC(N)c1ccc(-n2cc(C(N)=O)cn2)cc1. The summed E-state index contributed by atoms with van der Waals surface area (Å²) in [6.07, 6.45) is 3.96. The lowest BCUT2D eigenvalue weighted by Crippen LogP contribution is -2.09. The molecule has 1 unspecified atom stereocenters. The van der Waals surface area contributed by atoms with Crippen LogP contribution in [-0.4, -0.2) is 15.7 Å². The maximum Gasteiger partial charge on any atom is 0.251 e. The van der Waals surface area contributed by atoms with Gasteiger partial charge in [-0.3, -0.25) is 4.79 Å². The van der Waals surface area contributed by atoms with E-state index in [1.165, 1.54) is 6.20 Å². The van der Waals surface area contributed by atoms with Gasteiger partial charge in [0.2, 0.25) is 0 Å². The van der Waals surface area contributed by atoms with Crippen molar-refractivity contribution in [1.29, 1.82) is 0 Å². The quantitative estimate of drug-likeness (QED) is 0.851. The Morgan fingerprint density at radius 1 is 1.39 bits per heavy atom. The fourth-order valence-corrected chi connectivity index (χ4v) is 1.70. The number of benzene rings is 1. The molecule has 0 radical (unpaired) electrons. The molecule has 4 N–H and O–H groups in total. The van der Waals surface area contributed by atoms with Gasteiger partial charge in [0.25, 0.3) is 5.91 Å². The topological polar surface area (TPSA) is 86.9 Å². The van der Waals surface area contributed by atoms with E-state index in [1.54, 1.807) is 10.9 Å². The van der Waals surface area contributed by atoms with Crippen LogP contribution in [0.2, 0.25) is 0 Å². The molecule has 5 heteroatoms. The minimum Gasteiger partial charge on any atom is -0.366 e. The number of hydrogen-bond donors (Lipinski definition) is 2. The summed E-state index contributed by atoms with van der Waals surface area (Å²) in [6, 6.07) is 7.83. The lowest BCUT2D eigenvalue weighted by atomic mass is 10.1. The van der Waals surface area contributed by atoms with Crippen LogP contribution in [0.25, 0.3) is 5.69 Å². The largest absolute Gasteiger partial charge is 0.366 e. The number of rotatable bonds is 4. The van der Waals surface area contributed by atoms with E-state index in [0.29, 0.717) is 5.56 Å². The Kier molecular flexibility index (Phi) is 3.43. The molecule has 5 nitrogen and oxygen atoms in total. The van der Waals surface area contributed by atoms with E-state index >= 15 is 0 Å². The molecule has 0 saturated heterocycles. The number of nitrogens with two attached hydrogens (primary N) is 2. The summed E-state index contributed by atoms with van der Waals surface area (Å²) in [5.74, 6) is -0.481. The molecule has 94 valence electrons. The van der Waals surface area contributed by atoms with Crippen molar-refractivity contribution in [3.63, 3.8) is 0 Å². The first-order valence-corrected chi connectivity index (χ1v) is 5.82. The first-order valence-electron chi connectivity index (χ1n) is 5.82. The molecule has 0 bridgehead atoms. The molecule has 2 aromatic rings. The molecule has 0 aliphatic rings. The molecule has 18 heavy (non-hydrogen) atoms. The van der Waals surface area contributed by atoms with Crippen LogP contribution in [0, 0.1) is 0 Å². The van der Waals surface area contributed by atoms with Crippen molar-refractivity contribution in [2.75, 3.05) is 0 Å². The third-order valence-corrected chi connectivity index (χ3v) is 2.89. The predicted octanol–water partition coefficient (Wildman–Crippen LogP) is 1.38. The lowest BCUT2D eigenvalue weighted by Gasteiger charge is -2.09. The second-order valence-electron chi connectivity index (χ2n) is 4.14. The molecule has 0 fully saturated rings. The van der Waals surface area contributed by atoms with Crippen LogP contribution in [0.5, 0.6) is 0 Å². The summed E-state index contributed by atoms with van der Waals surface area (Å²) in [6.45, 7) is 2.05. The van der Waals surface area contributed by atoms with Crippen molar-refractivity contribution < 1.29 is 4.79 Å². The van der Waals surface area contributed by atoms with Gasteiger partial charge in [0.05, 0.1) is 17.4 Å². The predicted molar refractivity (Wildman–Crippen MR) is 69.3 cm³/mol. The average Bonchev–Trinajstić information content (AvgIpc) is 2.88. The minimum absolute atomic E-state index is 0.0536. The first kappa shape index (κ1) is 12.3. The number of aromatic nitrogens is 2. The van der Waals surface area contributed by atoms with Gasteiger partial charge in [-0.1, -0.05) is 19.1 Å². The zero-order valence-corrected chi connectivity index (χ0v) is 10.2. The first-order chi connectivity index (χ1) is 8.61. The van der Waals surface area contributed by atoms with Crippen LogP contribution in [0.4, 0.5) is 0 Å². The van der Waals surface area contributed by atoms with E-state index in [9.17, 15) is 4.79 Å². The summed E-state index contributed by atoms with van der Waals surface area (Å²) in [7, 11) is 0. The van der Waals surface area contributed by atoms with E-state index in [2.05, 4.69) is 5.10 Å². The Bertz CT molecular complexity index is 544. The molecule has 1 amide bonds. The van der Waals surface area contributed by atoms with Gasteiger partial charge in [-0.25, -0.2) is 4.68 Å². The molecular formula is C13H16N4O. The molecular weight excluding hydrogens is 228 g/mol. The number of primary amides is 1. The van der Waals surface area contributed by atoms with Crippen molar-refractivity contribution in [2.45, 2.75) is 19.4 Å². The highest BCUT2D eigenvalue weighted by atomic mass is 16.1. The summed E-state index contributed by atoms with van der Waals surface area (Å²) in [5, 5.41) is 4.09. The molecule has 0 aliphatic carbocycles. The molecule has 0 spiro atoms.